The van der Waals surface area contributed by atoms with Crippen LogP contribution in [0.2, 0.25) is 0 Å². The molecule has 7 aromatic carbocycles. The molecule has 228 valence electrons. The van der Waals surface area contributed by atoms with Crippen LogP contribution >= 0.6 is 0 Å². The maximum Gasteiger partial charge on any atom is 0.164 e. The Balaban J connectivity index is 1.26. The van der Waals surface area contributed by atoms with Crippen LogP contribution in [-0.2, 0) is 0 Å². The van der Waals surface area contributed by atoms with Gasteiger partial charge in [0.2, 0.25) is 0 Å². The molecule has 3 aromatic heterocycles. The van der Waals surface area contributed by atoms with E-state index < -0.39 is 0 Å². The molecule has 4 heteroatoms. The van der Waals surface area contributed by atoms with Crippen LogP contribution < -0.4 is 0 Å². The van der Waals surface area contributed by atoms with Crippen LogP contribution in [0.1, 0.15) is 0 Å². The minimum absolute atomic E-state index is 0.610. The van der Waals surface area contributed by atoms with E-state index in [0.29, 0.717) is 17.1 Å². The van der Waals surface area contributed by atoms with Gasteiger partial charge in [0.25, 0.3) is 0 Å². The summed E-state index contributed by atoms with van der Waals surface area (Å²) in [5.74, 6) is 0.619. The second-order valence-electron chi connectivity index (χ2n) is 12.4. The average Bonchev–Trinajstić information content (AvgIpc) is 3.56. The lowest BCUT2D eigenvalue weighted by Gasteiger charge is -2.08. The van der Waals surface area contributed by atoms with E-state index in [9.17, 15) is 0 Å². The average molecular weight is 626 g/mol. The van der Waals surface area contributed by atoms with E-state index in [2.05, 4.69) is 146 Å². The molecule has 4 nitrogen and oxygen atoms in total. The third-order valence-electron chi connectivity index (χ3n) is 9.49. The Morgan fingerprint density at radius 2 is 0.939 bits per heavy atom. The molecule has 0 saturated heterocycles. The minimum atomic E-state index is 0.610. The number of hydrogen-bond acceptors (Lipinski definition) is 4. The zero-order chi connectivity index (χ0) is 32.3. The van der Waals surface area contributed by atoms with Gasteiger partial charge in [-0.25, -0.2) is 15.0 Å². The van der Waals surface area contributed by atoms with Gasteiger partial charge < -0.3 is 4.42 Å². The van der Waals surface area contributed by atoms with Crippen molar-refractivity contribution in [1.82, 2.24) is 15.0 Å². The number of fused-ring (bicyclic) bond motifs is 10. The fourth-order valence-corrected chi connectivity index (χ4v) is 7.07. The highest BCUT2D eigenvalue weighted by molar-refractivity contribution is 6.19. The highest BCUT2D eigenvalue weighted by Gasteiger charge is 2.14. The molecule has 0 unspecified atom stereocenters. The number of hydrogen-bond donors (Lipinski definition) is 0. The SMILES string of the molecule is c1ccc(-c2ccc(-c3cccc(-c4nc5nc(n4)c4cccc6oc7ccc(cc7c64)c4ccccc4c4cccc5c4)c3)cc2)cc1. The predicted octanol–water partition coefficient (Wildman–Crippen LogP) is 11.9. The monoisotopic (exact) mass is 625 g/mol. The van der Waals surface area contributed by atoms with Crippen molar-refractivity contribution in [2.24, 2.45) is 0 Å². The minimum Gasteiger partial charge on any atom is -0.456 e. The van der Waals surface area contributed by atoms with Crippen LogP contribution in [0.3, 0.4) is 0 Å². The number of furan rings is 1. The van der Waals surface area contributed by atoms with Crippen molar-refractivity contribution in [3.63, 3.8) is 0 Å². The Kier molecular flexibility index (Phi) is 6.15. The summed E-state index contributed by atoms with van der Waals surface area (Å²) in [5.41, 5.74) is 8.41. The molecule has 0 atom stereocenters. The molecule has 49 heavy (non-hydrogen) atoms. The first-order chi connectivity index (χ1) is 24.2. The molecular weight excluding hydrogens is 599 g/mol. The summed E-state index contributed by atoms with van der Waals surface area (Å²) in [5, 5.41) is 8.42. The molecule has 10 aromatic rings. The molecule has 10 rings (SSSR count). The van der Waals surface area contributed by atoms with Crippen molar-refractivity contribution >= 4 is 65.6 Å². The first-order valence-electron chi connectivity index (χ1n) is 16.4. The van der Waals surface area contributed by atoms with Gasteiger partial charge in [0, 0.05) is 27.1 Å². The van der Waals surface area contributed by atoms with Gasteiger partial charge in [-0.3, -0.25) is 0 Å². The quantitative estimate of drug-likeness (QED) is 0.196. The van der Waals surface area contributed by atoms with E-state index in [1.807, 2.05) is 18.2 Å². The number of aromatic nitrogens is 3. The molecule has 0 aliphatic carbocycles. The lowest BCUT2D eigenvalue weighted by Crippen LogP contribution is -1.95. The van der Waals surface area contributed by atoms with Crippen molar-refractivity contribution in [2.45, 2.75) is 0 Å². The summed E-state index contributed by atoms with van der Waals surface area (Å²) >= 11 is 0. The zero-order valence-electron chi connectivity index (χ0n) is 26.3. The number of nitrogens with zero attached hydrogens (tertiary/aromatic N) is 3. The van der Waals surface area contributed by atoms with E-state index in [1.54, 1.807) is 0 Å². The van der Waals surface area contributed by atoms with Crippen LogP contribution in [0.25, 0.3) is 99.2 Å². The lowest BCUT2D eigenvalue weighted by atomic mass is 9.99. The fraction of sp³-hybridized carbons (Fsp3) is 0. The molecule has 0 fully saturated rings. The maximum atomic E-state index is 6.39. The second kappa shape index (κ2) is 11.0. The summed E-state index contributed by atoms with van der Waals surface area (Å²) in [6.45, 7) is 0. The molecule has 0 amide bonds. The van der Waals surface area contributed by atoms with Gasteiger partial charge >= 0.3 is 0 Å². The van der Waals surface area contributed by atoms with Crippen LogP contribution in [-0.4, -0.2) is 15.0 Å². The van der Waals surface area contributed by atoms with Crippen LogP contribution in [0.5, 0.6) is 0 Å². The van der Waals surface area contributed by atoms with Gasteiger partial charge in [-0.1, -0.05) is 133 Å². The Morgan fingerprint density at radius 1 is 0.327 bits per heavy atom. The predicted molar refractivity (Wildman–Crippen MR) is 202 cm³/mol. The highest BCUT2D eigenvalue weighted by atomic mass is 16.3. The third-order valence-corrected chi connectivity index (χ3v) is 9.49. The smallest absolute Gasteiger partial charge is 0.164 e. The standard InChI is InChI=1S/C45H27N3O/c1-2-9-28(10-3-1)29-19-21-30(22-20-29)31-11-6-13-34(25-31)43-46-44-35-14-7-12-32(26-35)36-15-4-5-16-37(36)33-23-24-40-39(27-33)42-38(45(47-43)48-44)17-8-18-41(42)49-40/h1-27H. The number of benzene rings is 7. The second-order valence-corrected chi connectivity index (χ2v) is 12.4. The van der Waals surface area contributed by atoms with Gasteiger partial charge in [-0.05, 0) is 74.1 Å². The van der Waals surface area contributed by atoms with Crippen molar-refractivity contribution in [1.29, 1.82) is 0 Å². The topological polar surface area (TPSA) is 51.8 Å². The first kappa shape index (κ1) is 27.5. The Labute approximate surface area is 281 Å². The Bertz CT molecular complexity index is 2930. The summed E-state index contributed by atoms with van der Waals surface area (Å²) in [4.78, 5) is 15.4. The molecule has 0 N–H and O–H groups in total. The summed E-state index contributed by atoms with van der Waals surface area (Å²) in [7, 11) is 0. The maximum absolute atomic E-state index is 6.39. The first-order valence-corrected chi connectivity index (χ1v) is 16.4. The van der Waals surface area contributed by atoms with Crippen molar-refractivity contribution in [3.05, 3.63) is 164 Å². The van der Waals surface area contributed by atoms with E-state index >= 15 is 0 Å². The highest BCUT2D eigenvalue weighted by Crippen LogP contribution is 2.36. The van der Waals surface area contributed by atoms with E-state index in [0.717, 1.165) is 70.9 Å². The molecule has 0 radical (unpaired) electrons. The van der Waals surface area contributed by atoms with E-state index in [4.69, 9.17) is 19.4 Å². The fourth-order valence-electron chi connectivity index (χ4n) is 7.07. The van der Waals surface area contributed by atoms with Gasteiger partial charge in [0.05, 0.1) is 0 Å². The number of rotatable bonds is 3. The summed E-state index contributed by atoms with van der Waals surface area (Å²) < 4.78 is 6.39. The molecular formula is C45H27N3O. The van der Waals surface area contributed by atoms with Crippen LogP contribution in [0.15, 0.2) is 168 Å². The van der Waals surface area contributed by atoms with Crippen LogP contribution in [0, 0.1) is 0 Å². The van der Waals surface area contributed by atoms with Crippen LogP contribution in [0.4, 0.5) is 0 Å². The Hall–Kier alpha value is -6.65. The Morgan fingerprint density at radius 3 is 1.78 bits per heavy atom. The molecule has 0 saturated carbocycles. The van der Waals surface area contributed by atoms with Crippen molar-refractivity contribution < 1.29 is 4.42 Å². The van der Waals surface area contributed by atoms with Gasteiger partial charge in [-0.2, -0.15) is 0 Å². The normalized spacial score (nSPS) is 11.7. The van der Waals surface area contributed by atoms with Gasteiger partial charge in [-0.15, -0.1) is 0 Å². The molecule has 0 spiro atoms. The molecule has 6 bridgehead atoms. The molecule has 3 heterocycles. The largest absolute Gasteiger partial charge is 0.456 e. The van der Waals surface area contributed by atoms with E-state index in [-0.39, 0.29) is 0 Å². The van der Waals surface area contributed by atoms with Crippen molar-refractivity contribution in [2.75, 3.05) is 0 Å². The molecule has 0 aliphatic heterocycles. The zero-order valence-corrected chi connectivity index (χ0v) is 26.3. The summed E-state index contributed by atoms with van der Waals surface area (Å²) in [6.07, 6.45) is 0. The summed E-state index contributed by atoms with van der Waals surface area (Å²) in [6, 6.07) is 57.2. The lowest BCUT2D eigenvalue weighted by molar-refractivity contribution is 0.669. The van der Waals surface area contributed by atoms with Gasteiger partial charge in [0.1, 0.15) is 11.2 Å². The third kappa shape index (κ3) is 4.65. The van der Waals surface area contributed by atoms with Crippen molar-refractivity contribution in [3.8, 4) is 33.6 Å². The molecule has 0 aliphatic rings. The van der Waals surface area contributed by atoms with E-state index in [1.165, 1.54) is 11.1 Å². The van der Waals surface area contributed by atoms with Gasteiger partial charge in [0.15, 0.2) is 17.1 Å².